The van der Waals surface area contributed by atoms with Crippen LogP contribution in [0, 0.1) is 5.92 Å². The largest absolute Gasteiger partial charge is 0.496 e. The number of fused-ring (bicyclic) bond motifs is 1. The van der Waals surface area contributed by atoms with Crippen molar-refractivity contribution in [1.29, 1.82) is 0 Å². The standard InChI is InChI=1S/C25H33NO4/c1-18(2)24-15-25(11-13-28-24,20-6-4-5-7-21(20)27-3)10-12-26-16-19-8-9-22-23(14-19)30-17-29-22/h4-9,14,18,24,26H,10-13,15-17H2,1-3H3/p+1/t24-,25+/m0/s1. The molecule has 2 heterocycles. The lowest BCUT2D eigenvalue weighted by molar-refractivity contribution is -0.672. The van der Waals surface area contributed by atoms with Gasteiger partial charge in [-0.05, 0) is 43.0 Å². The minimum Gasteiger partial charge on any atom is -0.496 e. The molecule has 2 aromatic carbocycles. The van der Waals surface area contributed by atoms with Gasteiger partial charge in [0.1, 0.15) is 12.3 Å². The van der Waals surface area contributed by atoms with Gasteiger partial charge in [0.15, 0.2) is 11.5 Å². The van der Waals surface area contributed by atoms with Gasteiger partial charge in [0.25, 0.3) is 0 Å². The molecule has 4 rings (SSSR count). The highest BCUT2D eigenvalue weighted by Gasteiger charge is 2.41. The Kier molecular flexibility index (Phi) is 6.49. The van der Waals surface area contributed by atoms with Gasteiger partial charge in [0.05, 0.1) is 19.8 Å². The van der Waals surface area contributed by atoms with Gasteiger partial charge in [-0.3, -0.25) is 0 Å². The van der Waals surface area contributed by atoms with Crippen LogP contribution in [0.25, 0.3) is 0 Å². The molecular weight excluding hydrogens is 378 g/mol. The highest BCUT2D eigenvalue weighted by atomic mass is 16.7. The smallest absolute Gasteiger partial charge is 0.231 e. The molecule has 0 unspecified atom stereocenters. The fourth-order valence-electron chi connectivity index (χ4n) is 4.78. The second-order valence-corrected chi connectivity index (χ2v) is 8.81. The highest BCUT2D eigenvalue weighted by Crippen LogP contribution is 2.45. The molecule has 0 amide bonds. The Morgan fingerprint density at radius 3 is 2.80 bits per heavy atom. The van der Waals surface area contributed by atoms with Crippen LogP contribution in [0.1, 0.15) is 44.2 Å². The van der Waals surface area contributed by atoms with Gasteiger partial charge in [-0.1, -0.05) is 32.0 Å². The molecule has 0 saturated carbocycles. The van der Waals surface area contributed by atoms with E-state index in [0.29, 0.717) is 12.7 Å². The summed E-state index contributed by atoms with van der Waals surface area (Å²) in [4.78, 5) is 0. The molecule has 0 spiro atoms. The van der Waals surface area contributed by atoms with Crippen molar-refractivity contribution in [2.75, 3.05) is 27.1 Å². The first-order valence-corrected chi connectivity index (χ1v) is 11.1. The third-order valence-electron chi connectivity index (χ3n) is 6.57. The molecule has 0 aliphatic carbocycles. The average molecular weight is 413 g/mol. The first kappa shape index (κ1) is 21.0. The quantitative estimate of drug-likeness (QED) is 0.673. The van der Waals surface area contributed by atoms with Gasteiger partial charge >= 0.3 is 0 Å². The second-order valence-electron chi connectivity index (χ2n) is 8.81. The summed E-state index contributed by atoms with van der Waals surface area (Å²) in [5.41, 5.74) is 2.68. The van der Waals surface area contributed by atoms with Crippen LogP contribution in [0.3, 0.4) is 0 Å². The molecule has 0 radical (unpaired) electrons. The van der Waals surface area contributed by atoms with Crippen molar-refractivity contribution in [2.45, 2.75) is 51.2 Å². The number of rotatable bonds is 8. The van der Waals surface area contributed by atoms with Crippen LogP contribution in [-0.4, -0.2) is 33.2 Å². The molecule has 0 aromatic heterocycles. The Morgan fingerprint density at radius 1 is 1.13 bits per heavy atom. The topological polar surface area (TPSA) is 53.5 Å². The Bertz CT molecular complexity index is 853. The fraction of sp³-hybridized carbons (Fsp3) is 0.520. The van der Waals surface area contributed by atoms with Crippen LogP contribution >= 0.6 is 0 Å². The van der Waals surface area contributed by atoms with Gasteiger partial charge in [-0.2, -0.15) is 0 Å². The molecular formula is C25H34NO4+. The molecule has 2 aliphatic rings. The van der Waals surface area contributed by atoms with E-state index in [2.05, 4.69) is 55.6 Å². The monoisotopic (exact) mass is 412 g/mol. The van der Waals surface area contributed by atoms with Gasteiger partial charge in [-0.15, -0.1) is 0 Å². The zero-order valence-corrected chi connectivity index (χ0v) is 18.4. The summed E-state index contributed by atoms with van der Waals surface area (Å²) in [5, 5.41) is 2.40. The molecule has 162 valence electrons. The number of hydrogen-bond acceptors (Lipinski definition) is 4. The normalized spacial score (nSPS) is 23.0. The van der Waals surface area contributed by atoms with E-state index in [1.807, 2.05) is 6.07 Å². The Morgan fingerprint density at radius 2 is 1.97 bits per heavy atom. The predicted octanol–water partition coefficient (Wildman–Crippen LogP) is 3.65. The summed E-state index contributed by atoms with van der Waals surface area (Å²) in [5.74, 6) is 3.21. The first-order chi connectivity index (χ1) is 14.6. The van der Waals surface area contributed by atoms with Crippen molar-refractivity contribution >= 4 is 0 Å². The third kappa shape index (κ3) is 4.42. The minimum atomic E-state index is 0.0885. The van der Waals surface area contributed by atoms with E-state index in [1.165, 1.54) is 11.1 Å². The molecule has 5 nitrogen and oxygen atoms in total. The summed E-state index contributed by atoms with van der Waals surface area (Å²) in [6.07, 6.45) is 3.47. The van der Waals surface area contributed by atoms with E-state index >= 15 is 0 Å². The van der Waals surface area contributed by atoms with E-state index in [9.17, 15) is 0 Å². The second kappa shape index (κ2) is 9.27. The molecule has 0 bridgehead atoms. The first-order valence-electron chi connectivity index (χ1n) is 11.1. The van der Waals surface area contributed by atoms with Crippen molar-refractivity contribution in [3.05, 3.63) is 53.6 Å². The Hall–Kier alpha value is -2.24. The zero-order chi connectivity index (χ0) is 21.0. The van der Waals surface area contributed by atoms with E-state index in [4.69, 9.17) is 18.9 Å². The summed E-state index contributed by atoms with van der Waals surface area (Å²) < 4.78 is 22.8. The molecule has 2 N–H and O–H groups in total. The van der Waals surface area contributed by atoms with Crippen LogP contribution in [0.2, 0.25) is 0 Å². The van der Waals surface area contributed by atoms with E-state index in [1.54, 1.807) is 7.11 Å². The number of nitrogens with two attached hydrogens (primary N) is 1. The molecule has 2 aliphatic heterocycles. The molecule has 1 fully saturated rings. The maximum atomic E-state index is 6.13. The maximum Gasteiger partial charge on any atom is 0.231 e. The van der Waals surface area contributed by atoms with Gasteiger partial charge in [0.2, 0.25) is 6.79 Å². The third-order valence-corrected chi connectivity index (χ3v) is 6.57. The van der Waals surface area contributed by atoms with Crippen molar-refractivity contribution in [3.63, 3.8) is 0 Å². The lowest BCUT2D eigenvalue weighted by Crippen LogP contribution is -2.83. The number of ether oxygens (including phenoxy) is 4. The molecule has 2 atom stereocenters. The van der Waals surface area contributed by atoms with Gasteiger partial charge in [0, 0.05) is 29.6 Å². The van der Waals surface area contributed by atoms with Crippen LogP contribution < -0.4 is 19.5 Å². The summed E-state index contributed by atoms with van der Waals surface area (Å²) in [6.45, 7) is 7.63. The maximum absolute atomic E-state index is 6.13. The van der Waals surface area contributed by atoms with Crippen LogP contribution in [-0.2, 0) is 16.7 Å². The van der Waals surface area contributed by atoms with Crippen molar-refractivity contribution < 1.29 is 24.3 Å². The number of methoxy groups -OCH3 is 1. The fourth-order valence-corrected chi connectivity index (χ4v) is 4.78. The van der Waals surface area contributed by atoms with E-state index in [-0.39, 0.29) is 11.5 Å². The summed E-state index contributed by atoms with van der Waals surface area (Å²) in [7, 11) is 1.78. The number of quaternary nitrogens is 1. The number of benzene rings is 2. The molecule has 5 heteroatoms. The summed E-state index contributed by atoms with van der Waals surface area (Å²) >= 11 is 0. The van der Waals surface area contributed by atoms with Crippen LogP contribution in [0.4, 0.5) is 0 Å². The van der Waals surface area contributed by atoms with E-state index < -0.39 is 0 Å². The van der Waals surface area contributed by atoms with Crippen molar-refractivity contribution in [1.82, 2.24) is 0 Å². The number of para-hydroxylation sites is 1. The van der Waals surface area contributed by atoms with Gasteiger partial charge < -0.3 is 24.3 Å². The predicted molar refractivity (Wildman–Crippen MR) is 116 cm³/mol. The lowest BCUT2D eigenvalue weighted by Gasteiger charge is -2.43. The zero-order valence-electron chi connectivity index (χ0n) is 18.4. The summed E-state index contributed by atoms with van der Waals surface area (Å²) in [6, 6.07) is 14.8. The number of hydrogen-bond donors (Lipinski definition) is 1. The average Bonchev–Trinajstić information content (AvgIpc) is 3.25. The van der Waals surface area contributed by atoms with Gasteiger partial charge in [-0.25, -0.2) is 0 Å². The SMILES string of the molecule is COc1ccccc1[C@]1(CC[NH2+]Cc2ccc3c(c2)OCO3)CCO[C@H](C(C)C)C1. The van der Waals surface area contributed by atoms with E-state index in [0.717, 1.165) is 56.2 Å². The van der Waals surface area contributed by atoms with Crippen LogP contribution in [0.5, 0.6) is 17.2 Å². The van der Waals surface area contributed by atoms with Crippen molar-refractivity contribution in [2.24, 2.45) is 5.92 Å². The molecule has 30 heavy (non-hydrogen) atoms. The van der Waals surface area contributed by atoms with Crippen molar-refractivity contribution in [3.8, 4) is 17.2 Å². The molecule has 2 aromatic rings. The Labute approximate surface area is 179 Å². The van der Waals surface area contributed by atoms with Crippen LogP contribution in [0.15, 0.2) is 42.5 Å². The molecule has 1 saturated heterocycles. The lowest BCUT2D eigenvalue weighted by atomic mass is 9.68. The highest BCUT2D eigenvalue weighted by molar-refractivity contribution is 5.44. The Balaban J connectivity index is 1.46. The minimum absolute atomic E-state index is 0.0885.